The summed E-state index contributed by atoms with van der Waals surface area (Å²) in [6, 6.07) is 9.46. The van der Waals surface area contributed by atoms with Gasteiger partial charge in [-0.1, -0.05) is 18.2 Å². The Hall–Kier alpha value is -2.01. The number of benzene rings is 1. The highest BCUT2D eigenvalue weighted by molar-refractivity contribution is 6.17. The molecular formula is C16H18ClN3O2. The van der Waals surface area contributed by atoms with Crippen LogP contribution in [0.5, 0.6) is 0 Å². The molecule has 2 heterocycles. The van der Waals surface area contributed by atoms with Gasteiger partial charge in [-0.3, -0.25) is 14.7 Å². The number of alkyl halides is 1. The Morgan fingerprint density at radius 2 is 2.05 bits per heavy atom. The number of nitrogens with zero attached hydrogens (tertiary/aromatic N) is 2. The molecule has 1 aliphatic heterocycles. The summed E-state index contributed by atoms with van der Waals surface area (Å²) in [4.78, 5) is 26.4. The van der Waals surface area contributed by atoms with Gasteiger partial charge >= 0.3 is 0 Å². The minimum atomic E-state index is -0.0731. The van der Waals surface area contributed by atoms with Crippen LogP contribution < -0.4 is 5.56 Å². The first-order valence-electron chi connectivity index (χ1n) is 7.42. The molecule has 2 aromatic rings. The van der Waals surface area contributed by atoms with Gasteiger partial charge in [0.1, 0.15) is 0 Å². The molecule has 1 aromatic heterocycles. The fourth-order valence-corrected chi connectivity index (χ4v) is 2.89. The zero-order valence-corrected chi connectivity index (χ0v) is 13.0. The molecule has 0 saturated heterocycles. The van der Waals surface area contributed by atoms with Gasteiger partial charge in [-0.25, -0.2) is 4.68 Å². The predicted octanol–water partition coefficient (Wildman–Crippen LogP) is 2.07. The van der Waals surface area contributed by atoms with Crippen LogP contribution in [0.1, 0.15) is 24.1 Å². The summed E-state index contributed by atoms with van der Waals surface area (Å²) in [6.07, 6.45) is 1.79. The third-order valence-corrected chi connectivity index (χ3v) is 4.21. The Balaban J connectivity index is 1.85. The maximum Gasteiger partial charge on any atom is 0.276 e. The summed E-state index contributed by atoms with van der Waals surface area (Å²) >= 11 is 5.63. The van der Waals surface area contributed by atoms with E-state index in [1.807, 2.05) is 30.3 Å². The van der Waals surface area contributed by atoms with Crippen LogP contribution >= 0.6 is 11.6 Å². The Morgan fingerprint density at radius 1 is 1.27 bits per heavy atom. The summed E-state index contributed by atoms with van der Waals surface area (Å²) in [6.45, 7) is 1.02. The quantitative estimate of drug-likeness (QED) is 0.877. The van der Waals surface area contributed by atoms with Gasteiger partial charge in [-0.15, -0.1) is 11.6 Å². The molecule has 0 fully saturated rings. The van der Waals surface area contributed by atoms with Crippen molar-refractivity contribution in [3.05, 3.63) is 51.9 Å². The second-order valence-electron chi connectivity index (χ2n) is 5.40. The summed E-state index contributed by atoms with van der Waals surface area (Å²) in [5.74, 6) is 0.550. The molecule has 0 radical (unpaired) electrons. The molecule has 1 aromatic carbocycles. The molecule has 0 saturated carbocycles. The van der Waals surface area contributed by atoms with Crippen molar-refractivity contribution in [2.75, 3.05) is 12.4 Å². The van der Waals surface area contributed by atoms with Crippen LogP contribution in [-0.2, 0) is 17.8 Å². The van der Waals surface area contributed by atoms with Crippen LogP contribution in [-0.4, -0.2) is 33.0 Å². The molecule has 6 heteroatoms. The second-order valence-corrected chi connectivity index (χ2v) is 5.78. The van der Waals surface area contributed by atoms with Crippen molar-refractivity contribution < 1.29 is 4.79 Å². The number of halogens is 1. The third-order valence-electron chi connectivity index (χ3n) is 3.94. The zero-order valence-electron chi connectivity index (χ0n) is 12.2. The minimum absolute atomic E-state index is 0.0677. The highest BCUT2D eigenvalue weighted by Gasteiger charge is 2.25. The molecule has 1 aliphatic rings. The van der Waals surface area contributed by atoms with E-state index in [9.17, 15) is 9.59 Å². The number of para-hydroxylation sites is 1. The van der Waals surface area contributed by atoms with Crippen molar-refractivity contribution in [2.24, 2.45) is 0 Å². The predicted molar refractivity (Wildman–Crippen MR) is 85.5 cm³/mol. The lowest BCUT2D eigenvalue weighted by Gasteiger charge is -2.26. The number of carbonyl (C=O) groups is 1. The monoisotopic (exact) mass is 319 g/mol. The molecule has 3 rings (SSSR count). The molecule has 0 atom stereocenters. The van der Waals surface area contributed by atoms with E-state index in [4.69, 9.17) is 11.6 Å². The molecule has 0 aliphatic carbocycles. The molecule has 116 valence electrons. The van der Waals surface area contributed by atoms with E-state index in [1.165, 1.54) is 0 Å². The standard InChI is InChI=1S/C16H18ClN3O2/c17-9-4-7-15(21)19-10-8-14-13(11-19)16(22)20(18-14)12-5-2-1-3-6-12/h1-3,5-6,18H,4,7-11H2. The van der Waals surface area contributed by atoms with Gasteiger partial charge in [0, 0.05) is 31.0 Å². The number of aromatic nitrogens is 2. The molecule has 0 unspecified atom stereocenters. The van der Waals surface area contributed by atoms with Crippen LogP contribution in [0.15, 0.2) is 35.1 Å². The Morgan fingerprint density at radius 3 is 2.77 bits per heavy atom. The maximum atomic E-state index is 12.6. The van der Waals surface area contributed by atoms with Crippen LogP contribution in [0.2, 0.25) is 0 Å². The zero-order chi connectivity index (χ0) is 15.5. The van der Waals surface area contributed by atoms with Crippen molar-refractivity contribution in [3.8, 4) is 5.69 Å². The first-order valence-corrected chi connectivity index (χ1v) is 7.96. The van der Waals surface area contributed by atoms with Crippen molar-refractivity contribution >= 4 is 17.5 Å². The number of fused-ring (bicyclic) bond motifs is 1. The van der Waals surface area contributed by atoms with Crippen molar-refractivity contribution in [2.45, 2.75) is 25.8 Å². The number of amides is 1. The largest absolute Gasteiger partial charge is 0.338 e. The lowest BCUT2D eigenvalue weighted by Crippen LogP contribution is -2.37. The number of carbonyl (C=O) groups excluding carboxylic acids is 1. The third kappa shape index (κ3) is 2.81. The van der Waals surface area contributed by atoms with Crippen molar-refractivity contribution in [3.63, 3.8) is 0 Å². The molecule has 0 spiro atoms. The van der Waals surface area contributed by atoms with E-state index in [1.54, 1.807) is 9.58 Å². The van der Waals surface area contributed by atoms with Gasteiger partial charge in [0.2, 0.25) is 5.91 Å². The minimum Gasteiger partial charge on any atom is -0.338 e. The fraction of sp³-hybridized carbons (Fsp3) is 0.375. The second kappa shape index (κ2) is 6.40. The molecule has 22 heavy (non-hydrogen) atoms. The molecule has 0 bridgehead atoms. The number of H-pyrrole nitrogens is 1. The SMILES string of the molecule is O=C(CCCCl)N1CCc2[nH]n(-c3ccccc3)c(=O)c2C1. The Kier molecular flexibility index (Phi) is 4.34. The molecule has 1 amide bonds. The molecular weight excluding hydrogens is 302 g/mol. The maximum absolute atomic E-state index is 12.6. The summed E-state index contributed by atoms with van der Waals surface area (Å²) in [7, 11) is 0. The van der Waals surface area contributed by atoms with Gasteiger partial charge < -0.3 is 4.90 Å². The topological polar surface area (TPSA) is 58.1 Å². The summed E-state index contributed by atoms with van der Waals surface area (Å²) < 4.78 is 1.55. The van der Waals surface area contributed by atoms with E-state index in [-0.39, 0.29) is 11.5 Å². The highest BCUT2D eigenvalue weighted by Crippen LogP contribution is 2.17. The lowest BCUT2D eigenvalue weighted by molar-refractivity contribution is -0.132. The van der Waals surface area contributed by atoms with Crippen LogP contribution in [0.25, 0.3) is 5.69 Å². The smallest absolute Gasteiger partial charge is 0.276 e. The lowest BCUT2D eigenvalue weighted by atomic mass is 10.1. The first kappa shape index (κ1) is 14.9. The molecule has 1 N–H and O–H groups in total. The van der Waals surface area contributed by atoms with E-state index in [0.29, 0.717) is 43.8 Å². The van der Waals surface area contributed by atoms with Gasteiger partial charge in [-0.05, 0) is 18.6 Å². The van der Waals surface area contributed by atoms with Gasteiger partial charge in [0.25, 0.3) is 5.56 Å². The van der Waals surface area contributed by atoms with E-state index < -0.39 is 0 Å². The number of rotatable bonds is 4. The van der Waals surface area contributed by atoms with Gasteiger partial charge in [0.15, 0.2) is 0 Å². The van der Waals surface area contributed by atoms with Crippen LogP contribution in [0, 0.1) is 0 Å². The first-order chi connectivity index (χ1) is 10.7. The van der Waals surface area contributed by atoms with Crippen molar-refractivity contribution in [1.82, 2.24) is 14.7 Å². The van der Waals surface area contributed by atoms with E-state index in [2.05, 4.69) is 5.10 Å². The van der Waals surface area contributed by atoms with Gasteiger partial charge in [0.05, 0.1) is 17.8 Å². The summed E-state index contributed by atoms with van der Waals surface area (Å²) in [5.41, 5.74) is 2.35. The highest BCUT2D eigenvalue weighted by atomic mass is 35.5. The summed E-state index contributed by atoms with van der Waals surface area (Å²) in [5, 5.41) is 3.17. The van der Waals surface area contributed by atoms with E-state index in [0.717, 1.165) is 11.4 Å². The average molecular weight is 320 g/mol. The van der Waals surface area contributed by atoms with Crippen LogP contribution in [0.4, 0.5) is 0 Å². The van der Waals surface area contributed by atoms with Crippen molar-refractivity contribution in [1.29, 1.82) is 0 Å². The van der Waals surface area contributed by atoms with E-state index >= 15 is 0 Å². The Bertz CT molecular complexity index is 721. The van der Waals surface area contributed by atoms with Crippen LogP contribution in [0.3, 0.4) is 0 Å². The van der Waals surface area contributed by atoms with Gasteiger partial charge in [-0.2, -0.15) is 0 Å². The number of aromatic amines is 1. The number of nitrogens with one attached hydrogen (secondary N) is 1. The molecule has 5 nitrogen and oxygen atoms in total. The number of hydrogen-bond acceptors (Lipinski definition) is 2. The average Bonchev–Trinajstić information content (AvgIpc) is 2.90. The number of hydrogen-bond donors (Lipinski definition) is 1. The fourth-order valence-electron chi connectivity index (χ4n) is 2.75. The Labute approximate surface area is 133 Å². The normalized spacial score (nSPS) is 14.0.